The fourth-order valence-corrected chi connectivity index (χ4v) is 4.42. The van der Waals surface area contributed by atoms with Crippen LogP contribution in [0.3, 0.4) is 0 Å². The second kappa shape index (κ2) is 9.01. The van der Waals surface area contributed by atoms with Gasteiger partial charge in [-0.05, 0) is 41.3 Å². The van der Waals surface area contributed by atoms with Crippen LogP contribution in [0, 0.1) is 0 Å². The predicted octanol–water partition coefficient (Wildman–Crippen LogP) is 0.168. The van der Waals surface area contributed by atoms with Gasteiger partial charge in [0.15, 0.2) is 9.84 Å². The molecule has 6 N–H and O–H groups in total. The molecule has 1 aliphatic heterocycles. The highest BCUT2D eigenvalue weighted by Crippen LogP contribution is 2.34. The fraction of sp³-hybridized carbons (Fsp3) is 0.429. The maximum atomic E-state index is 12.0. The summed E-state index contributed by atoms with van der Waals surface area (Å²) >= 11 is 0. The van der Waals surface area contributed by atoms with Gasteiger partial charge in [-0.2, -0.15) is 0 Å². The van der Waals surface area contributed by atoms with Gasteiger partial charge in [0.1, 0.15) is 30.5 Å². The second-order valence-corrected chi connectivity index (χ2v) is 9.71. The number of aliphatic hydroxyl groups is 4. The third kappa shape index (κ3) is 4.51. The first-order valence-corrected chi connectivity index (χ1v) is 11.3. The van der Waals surface area contributed by atoms with Gasteiger partial charge in [0.25, 0.3) is 0 Å². The fourth-order valence-electron chi connectivity index (χ4n) is 3.53. The minimum Gasteiger partial charge on any atom is -0.398 e. The average molecular weight is 438 g/mol. The van der Waals surface area contributed by atoms with Gasteiger partial charge >= 0.3 is 0 Å². The average Bonchev–Trinajstić information content (AvgIpc) is 2.74. The van der Waals surface area contributed by atoms with Gasteiger partial charge in [0, 0.05) is 5.69 Å². The van der Waals surface area contributed by atoms with Gasteiger partial charge in [0.2, 0.25) is 0 Å². The van der Waals surface area contributed by atoms with Crippen LogP contribution in [0.15, 0.2) is 47.4 Å². The summed E-state index contributed by atoms with van der Waals surface area (Å²) in [5, 5.41) is 39.7. The molecule has 0 spiro atoms. The molecule has 9 heteroatoms. The van der Waals surface area contributed by atoms with E-state index in [1.165, 1.54) is 0 Å². The summed E-state index contributed by atoms with van der Waals surface area (Å²) in [4.78, 5) is 0.261. The zero-order chi connectivity index (χ0) is 22.1. The molecule has 2 aromatic rings. The Labute approximate surface area is 175 Å². The molecule has 2 aromatic carbocycles. The van der Waals surface area contributed by atoms with E-state index in [2.05, 4.69) is 0 Å². The highest BCUT2D eigenvalue weighted by Gasteiger charge is 2.44. The predicted molar refractivity (Wildman–Crippen MR) is 111 cm³/mol. The summed E-state index contributed by atoms with van der Waals surface area (Å²) < 4.78 is 29.5. The maximum absolute atomic E-state index is 12.0. The number of nitrogen functional groups attached to an aromatic ring is 1. The lowest BCUT2D eigenvalue weighted by Crippen LogP contribution is -2.55. The molecule has 3 rings (SSSR count). The van der Waals surface area contributed by atoms with Crippen molar-refractivity contribution in [1.82, 2.24) is 0 Å². The number of nitrogens with two attached hydrogens (primary N) is 1. The molecular weight excluding hydrogens is 410 g/mol. The molecule has 0 aliphatic carbocycles. The van der Waals surface area contributed by atoms with E-state index in [9.17, 15) is 28.8 Å². The Balaban J connectivity index is 1.85. The van der Waals surface area contributed by atoms with E-state index >= 15 is 0 Å². The van der Waals surface area contributed by atoms with E-state index in [-0.39, 0.29) is 10.6 Å². The maximum Gasteiger partial charge on any atom is 0.178 e. The number of anilines is 1. The number of rotatable bonds is 6. The monoisotopic (exact) mass is 437 g/mol. The molecule has 0 aromatic heterocycles. The van der Waals surface area contributed by atoms with Crippen LogP contribution in [0.4, 0.5) is 5.69 Å². The van der Waals surface area contributed by atoms with Crippen molar-refractivity contribution >= 4 is 15.5 Å². The van der Waals surface area contributed by atoms with Crippen LogP contribution >= 0.6 is 0 Å². The molecule has 8 nitrogen and oxygen atoms in total. The molecule has 1 fully saturated rings. The summed E-state index contributed by atoms with van der Waals surface area (Å²) in [5.74, 6) is 0.0282. The van der Waals surface area contributed by atoms with Crippen LogP contribution in [-0.2, 0) is 21.0 Å². The number of hydrogen-bond acceptors (Lipinski definition) is 8. The Morgan fingerprint density at radius 2 is 1.67 bits per heavy atom. The minimum atomic E-state index is -3.27. The quantitative estimate of drug-likeness (QED) is 0.401. The van der Waals surface area contributed by atoms with Crippen molar-refractivity contribution in [3.8, 4) is 0 Å². The molecule has 1 heterocycles. The van der Waals surface area contributed by atoms with E-state index in [0.29, 0.717) is 17.7 Å². The van der Waals surface area contributed by atoms with E-state index < -0.39 is 47.0 Å². The molecule has 0 saturated carbocycles. The van der Waals surface area contributed by atoms with Crippen molar-refractivity contribution < 1.29 is 33.6 Å². The number of sulfone groups is 1. The highest BCUT2D eigenvalue weighted by molar-refractivity contribution is 7.91. The number of hydrogen-bond donors (Lipinski definition) is 5. The van der Waals surface area contributed by atoms with Crippen molar-refractivity contribution in [2.75, 3.05) is 18.1 Å². The van der Waals surface area contributed by atoms with E-state index in [0.717, 1.165) is 11.1 Å². The van der Waals surface area contributed by atoms with E-state index in [1.807, 2.05) is 0 Å². The van der Waals surface area contributed by atoms with Crippen LogP contribution in [0.1, 0.15) is 29.7 Å². The smallest absolute Gasteiger partial charge is 0.178 e. The van der Waals surface area contributed by atoms with Crippen molar-refractivity contribution in [2.24, 2.45) is 0 Å². The Bertz CT molecular complexity index is 975. The van der Waals surface area contributed by atoms with Crippen molar-refractivity contribution in [1.29, 1.82) is 0 Å². The molecule has 164 valence electrons. The van der Waals surface area contributed by atoms with Crippen LogP contribution in [0.25, 0.3) is 0 Å². The molecule has 30 heavy (non-hydrogen) atoms. The van der Waals surface area contributed by atoms with Gasteiger partial charge in [-0.15, -0.1) is 0 Å². The summed E-state index contributed by atoms with van der Waals surface area (Å²) in [6.07, 6.45) is -5.79. The summed E-state index contributed by atoms with van der Waals surface area (Å²) in [5.41, 5.74) is 8.73. The van der Waals surface area contributed by atoms with Crippen LogP contribution in [0.5, 0.6) is 0 Å². The lowest BCUT2D eigenvalue weighted by molar-refractivity contribution is -0.231. The lowest BCUT2D eigenvalue weighted by atomic mass is 9.90. The molecular formula is C21H27NO7S. The van der Waals surface area contributed by atoms with Crippen molar-refractivity contribution in [2.45, 2.75) is 48.8 Å². The first-order chi connectivity index (χ1) is 14.2. The highest BCUT2D eigenvalue weighted by atomic mass is 32.2. The van der Waals surface area contributed by atoms with Crippen molar-refractivity contribution in [3.63, 3.8) is 0 Å². The van der Waals surface area contributed by atoms with Gasteiger partial charge in [-0.3, -0.25) is 0 Å². The zero-order valence-electron chi connectivity index (χ0n) is 16.5. The molecule has 0 radical (unpaired) electrons. The molecule has 0 bridgehead atoms. The van der Waals surface area contributed by atoms with E-state index in [4.69, 9.17) is 10.5 Å². The third-order valence-corrected chi connectivity index (χ3v) is 7.20. The largest absolute Gasteiger partial charge is 0.398 e. The normalized spacial score (nSPS) is 27.2. The molecule has 1 aliphatic rings. The van der Waals surface area contributed by atoms with E-state index in [1.54, 1.807) is 49.4 Å². The van der Waals surface area contributed by atoms with Gasteiger partial charge in [0.05, 0.1) is 17.3 Å². The molecule has 1 saturated heterocycles. The first kappa shape index (κ1) is 22.7. The number of ether oxygens (including phenoxy) is 1. The molecule has 5 atom stereocenters. The Kier molecular flexibility index (Phi) is 6.81. The first-order valence-electron chi connectivity index (χ1n) is 9.68. The summed E-state index contributed by atoms with van der Waals surface area (Å²) in [6.45, 7) is 1.09. The SMILES string of the molecule is CCS(=O)(=O)c1ccc(Cc2cc([C@@H]3O[C@H](CO)[C@@H](O)[C@H](O)[C@H]3O)ccc2N)cc1. The van der Waals surface area contributed by atoms with Crippen molar-refractivity contribution in [3.05, 3.63) is 59.2 Å². The minimum absolute atomic E-state index is 0.0282. The lowest BCUT2D eigenvalue weighted by Gasteiger charge is -2.40. The Morgan fingerprint density at radius 3 is 2.27 bits per heavy atom. The Hall–Kier alpha value is -2.01. The molecule has 0 amide bonds. The van der Waals surface area contributed by atoms with Crippen LogP contribution in [-0.4, -0.2) is 65.6 Å². The van der Waals surface area contributed by atoms with Gasteiger partial charge < -0.3 is 30.9 Å². The summed E-state index contributed by atoms with van der Waals surface area (Å²) in [6, 6.07) is 11.6. The third-order valence-electron chi connectivity index (χ3n) is 5.44. The van der Waals surface area contributed by atoms with Crippen LogP contribution < -0.4 is 5.73 Å². The van der Waals surface area contributed by atoms with Gasteiger partial charge in [-0.25, -0.2) is 8.42 Å². The second-order valence-electron chi connectivity index (χ2n) is 7.43. The van der Waals surface area contributed by atoms with Crippen LogP contribution in [0.2, 0.25) is 0 Å². The standard InChI is InChI=1S/C21H27NO7S/c1-2-30(27,28)15-6-3-12(4-7-15)9-14-10-13(5-8-16(14)22)21-20(26)19(25)18(24)17(11-23)29-21/h3-8,10,17-21,23-26H,2,9,11,22H2,1H3/t17-,18-,19+,20-,21+/m1/s1. The van der Waals surface area contributed by atoms with Gasteiger partial charge in [-0.1, -0.05) is 31.2 Å². The number of aliphatic hydroxyl groups excluding tert-OH is 4. The Morgan fingerprint density at radius 1 is 1.00 bits per heavy atom. The number of benzene rings is 2. The topological polar surface area (TPSA) is 150 Å². The molecule has 0 unspecified atom stereocenters. The summed E-state index contributed by atoms with van der Waals surface area (Å²) in [7, 11) is -3.27. The zero-order valence-corrected chi connectivity index (χ0v) is 17.4.